The molecule has 0 unspecified atom stereocenters. The van der Waals surface area contributed by atoms with E-state index in [4.69, 9.17) is 31.1 Å². The third-order valence-corrected chi connectivity index (χ3v) is 12.5. The van der Waals surface area contributed by atoms with Crippen molar-refractivity contribution in [2.75, 3.05) is 37.1 Å². The van der Waals surface area contributed by atoms with E-state index in [1.165, 1.54) is 98.2 Å². The summed E-state index contributed by atoms with van der Waals surface area (Å²) in [4.78, 5) is 59.6. The SMILES string of the molecule is CC(C)(C)OC(=O)N(CC1(c2ncccc2F)CC(F)C1)c1ccc(Cl)nn1.COC(=O)c1ccc(F)c(-c2ccc(N(CC3(c4ncccc4F)CC(F)C3)C(=O)OC(C)(C)C)nn2)c1.COC(=O)c1ccc(F)c(B(O)O)c1. The van der Waals surface area contributed by atoms with E-state index in [1.807, 2.05) is 0 Å². The molecular weight excluding hydrogens is 1080 g/mol. The number of ether oxygens (including phenoxy) is 4. The van der Waals surface area contributed by atoms with Crippen molar-refractivity contribution < 1.29 is 74.5 Å². The van der Waals surface area contributed by atoms with Gasteiger partial charge in [0.15, 0.2) is 16.8 Å². The summed E-state index contributed by atoms with van der Waals surface area (Å²) in [7, 11) is 0.447. The Morgan fingerprint density at radius 2 is 1.05 bits per heavy atom. The van der Waals surface area contributed by atoms with Crippen LogP contribution in [0.3, 0.4) is 0 Å². The maximum Gasteiger partial charge on any atom is 0.491 e. The number of pyridine rings is 2. The molecule has 2 saturated carbocycles. The van der Waals surface area contributed by atoms with E-state index in [1.54, 1.807) is 41.5 Å². The molecule has 2 aliphatic rings. The van der Waals surface area contributed by atoms with Crippen LogP contribution in [0.5, 0.6) is 0 Å². The highest BCUT2D eigenvalue weighted by molar-refractivity contribution is 6.58. The second-order valence-corrected chi connectivity index (χ2v) is 21.0. The van der Waals surface area contributed by atoms with Gasteiger partial charge in [-0.05, 0) is 152 Å². The number of nitrogens with zero attached hydrogens (tertiary/aromatic N) is 8. The first kappa shape index (κ1) is 61.4. The van der Waals surface area contributed by atoms with Gasteiger partial charge in [-0.2, -0.15) is 0 Å². The van der Waals surface area contributed by atoms with Gasteiger partial charge in [0.2, 0.25) is 0 Å². The number of benzene rings is 2. The minimum absolute atomic E-state index is 0.00191. The Morgan fingerprint density at radius 1 is 0.613 bits per heavy atom. The van der Waals surface area contributed by atoms with Crippen LogP contribution < -0.4 is 15.3 Å². The van der Waals surface area contributed by atoms with Gasteiger partial charge >= 0.3 is 31.2 Å². The number of halogens is 7. The van der Waals surface area contributed by atoms with Gasteiger partial charge in [0.1, 0.15) is 46.8 Å². The van der Waals surface area contributed by atoms with Crippen LogP contribution in [0.1, 0.15) is 99.3 Å². The summed E-state index contributed by atoms with van der Waals surface area (Å²) in [6.07, 6.45) is -0.912. The second kappa shape index (κ2) is 25.6. The van der Waals surface area contributed by atoms with Crippen molar-refractivity contribution >= 4 is 59.9 Å². The highest BCUT2D eigenvalue weighted by Crippen LogP contribution is 2.48. The normalized spacial score (nSPS) is 18.3. The van der Waals surface area contributed by atoms with Gasteiger partial charge in [-0.3, -0.25) is 19.8 Å². The number of amides is 2. The van der Waals surface area contributed by atoms with Crippen LogP contribution in [0, 0.1) is 23.3 Å². The number of esters is 2. The topological polar surface area (TPSA) is 229 Å². The number of anilines is 2. The highest BCUT2D eigenvalue weighted by Gasteiger charge is 2.52. The summed E-state index contributed by atoms with van der Waals surface area (Å²) in [6, 6.07) is 18.1. The van der Waals surface area contributed by atoms with Crippen LogP contribution in [-0.4, -0.2) is 123 Å². The number of carbonyl (C=O) groups excluding carboxylic acids is 4. The zero-order valence-electron chi connectivity index (χ0n) is 44.6. The number of carbonyl (C=O) groups is 4. The zero-order valence-corrected chi connectivity index (χ0v) is 45.4. The van der Waals surface area contributed by atoms with Crippen molar-refractivity contribution in [2.45, 2.75) is 102 Å². The molecule has 4 heterocycles. The molecule has 8 rings (SSSR count). The number of aromatic nitrogens is 6. The fraction of sp³-hybridized carbons (Fsp3) is 0.370. The summed E-state index contributed by atoms with van der Waals surface area (Å²) in [5, 5.41) is 33.5. The number of hydrogen-bond donors (Lipinski definition) is 2. The quantitative estimate of drug-likeness (QED) is 0.0503. The third-order valence-electron chi connectivity index (χ3n) is 12.3. The summed E-state index contributed by atoms with van der Waals surface area (Å²) >= 11 is 5.79. The van der Waals surface area contributed by atoms with E-state index in [9.17, 15) is 45.5 Å². The molecule has 4 aromatic heterocycles. The Labute approximate surface area is 461 Å². The second-order valence-electron chi connectivity index (χ2n) is 20.7. The van der Waals surface area contributed by atoms with Gasteiger partial charge in [-0.1, -0.05) is 11.6 Å². The lowest BCUT2D eigenvalue weighted by molar-refractivity contribution is 0.0501. The molecule has 2 aromatic carbocycles. The van der Waals surface area contributed by atoms with Crippen LogP contribution in [0.25, 0.3) is 11.3 Å². The van der Waals surface area contributed by atoms with Crippen molar-refractivity contribution in [3.63, 3.8) is 0 Å². The minimum atomic E-state index is -1.94. The Bertz CT molecular complexity index is 3170. The van der Waals surface area contributed by atoms with Crippen molar-refractivity contribution in [1.82, 2.24) is 30.4 Å². The summed E-state index contributed by atoms with van der Waals surface area (Å²) in [5.41, 5.74) is -3.62. The molecule has 26 heteroatoms. The molecule has 6 aromatic rings. The molecule has 0 spiro atoms. The Hall–Kier alpha value is -7.77. The van der Waals surface area contributed by atoms with Crippen LogP contribution in [0.4, 0.5) is 47.6 Å². The lowest BCUT2D eigenvalue weighted by Gasteiger charge is -2.46. The van der Waals surface area contributed by atoms with Crippen molar-refractivity contribution in [1.29, 1.82) is 0 Å². The molecule has 0 aliphatic heterocycles. The highest BCUT2D eigenvalue weighted by atomic mass is 35.5. The van der Waals surface area contributed by atoms with Gasteiger partial charge in [-0.15, -0.1) is 20.4 Å². The van der Waals surface area contributed by atoms with E-state index in [0.717, 1.165) is 23.1 Å². The Morgan fingerprint density at radius 3 is 1.43 bits per heavy atom. The number of hydrogen-bond acceptors (Lipinski definition) is 16. The molecule has 80 heavy (non-hydrogen) atoms. The van der Waals surface area contributed by atoms with Gasteiger partial charge in [0, 0.05) is 47.3 Å². The lowest BCUT2D eigenvalue weighted by atomic mass is 9.64. The van der Waals surface area contributed by atoms with E-state index < -0.39 is 88.9 Å². The fourth-order valence-corrected chi connectivity index (χ4v) is 8.76. The minimum Gasteiger partial charge on any atom is -0.465 e. The molecule has 18 nitrogen and oxygen atoms in total. The Balaban J connectivity index is 0.000000214. The molecule has 0 atom stereocenters. The van der Waals surface area contributed by atoms with Crippen LogP contribution in [0.15, 0.2) is 97.3 Å². The van der Waals surface area contributed by atoms with Gasteiger partial charge in [0.25, 0.3) is 0 Å². The van der Waals surface area contributed by atoms with Crippen LogP contribution >= 0.6 is 11.6 Å². The zero-order chi connectivity index (χ0) is 58.9. The van der Waals surface area contributed by atoms with E-state index in [-0.39, 0.29) is 94.8 Å². The predicted octanol–water partition coefficient (Wildman–Crippen LogP) is 9.18. The van der Waals surface area contributed by atoms with Crippen LogP contribution in [-0.2, 0) is 29.8 Å². The van der Waals surface area contributed by atoms with Crippen molar-refractivity contribution in [3.8, 4) is 11.3 Å². The molecular formula is C54H56BClF6N8O10. The summed E-state index contributed by atoms with van der Waals surface area (Å²) in [5.74, 6) is -3.67. The average Bonchev–Trinajstić information content (AvgIpc) is 3.44. The van der Waals surface area contributed by atoms with Gasteiger partial charge in [-0.25, -0.2) is 45.5 Å². The van der Waals surface area contributed by atoms with Crippen LogP contribution in [0.2, 0.25) is 5.15 Å². The fourth-order valence-electron chi connectivity index (χ4n) is 8.66. The monoisotopic (exact) mass is 1140 g/mol. The van der Waals surface area contributed by atoms with Gasteiger partial charge < -0.3 is 29.0 Å². The summed E-state index contributed by atoms with van der Waals surface area (Å²) < 4.78 is 105. The Kier molecular flexibility index (Phi) is 19.6. The van der Waals surface area contributed by atoms with Gasteiger partial charge in [0.05, 0.1) is 42.4 Å². The first-order valence-corrected chi connectivity index (χ1v) is 24.9. The summed E-state index contributed by atoms with van der Waals surface area (Å²) in [6.45, 7) is 10.0. The first-order valence-electron chi connectivity index (χ1n) is 24.5. The van der Waals surface area contributed by atoms with Crippen molar-refractivity contribution in [3.05, 3.63) is 148 Å². The van der Waals surface area contributed by atoms with E-state index in [2.05, 4.69) is 39.8 Å². The first-order chi connectivity index (χ1) is 37.6. The van der Waals surface area contributed by atoms with E-state index in [0.29, 0.717) is 0 Å². The molecule has 0 radical (unpaired) electrons. The molecule has 2 fully saturated rings. The molecule has 2 aliphatic carbocycles. The molecule has 2 amide bonds. The predicted molar refractivity (Wildman–Crippen MR) is 281 cm³/mol. The largest absolute Gasteiger partial charge is 0.491 e. The maximum atomic E-state index is 14.7. The lowest BCUT2D eigenvalue weighted by Crippen LogP contribution is -2.54. The van der Waals surface area contributed by atoms with Crippen molar-refractivity contribution in [2.24, 2.45) is 0 Å². The molecule has 424 valence electrons. The molecule has 2 N–H and O–H groups in total. The smallest absolute Gasteiger partial charge is 0.465 e. The number of methoxy groups -OCH3 is 2. The third kappa shape index (κ3) is 15.3. The maximum absolute atomic E-state index is 14.7. The number of rotatable bonds is 12. The average molecular weight is 1140 g/mol. The molecule has 0 bridgehead atoms. The standard InChI is InChI=1S/C27H27F3N4O4.C19H21ClF2N4O2.C8H8BFO4/c1-26(2,3)38-25(36)34(15-27(13-17(28)14-27)23-20(30)6-5-11-31-23)22-10-9-21(32-33-22)18-12-16(24(35)37-4)7-8-19(18)29;1-18(2,3)28-17(27)26(15-7-6-14(20)24-25-15)11-19(9-12(21)10-19)16-13(22)5-4-8-23-16;1-14-8(11)5-2-3-7(10)6(4-5)9(12)13/h5-12,17H,13-15H2,1-4H3;4-8,12H,9-11H2,1-3H3;2-4,12-13H,1H3. The van der Waals surface area contributed by atoms with E-state index >= 15 is 0 Å². The molecule has 0 saturated heterocycles. The number of alkyl halides is 2.